The molecule has 3 rings (SSSR count). The SMILES string of the molecule is CC(C)(C)CC(=O)N1CCCC1C(=O)NC(C(N)=O)C(CC(O)CN)c1ccc2ccccc2c1.Cl. The first-order valence-corrected chi connectivity index (χ1v) is 12.3. The molecule has 4 unspecified atom stereocenters. The van der Waals surface area contributed by atoms with E-state index >= 15 is 0 Å². The Labute approximate surface area is 219 Å². The van der Waals surface area contributed by atoms with Crippen LogP contribution in [0.1, 0.15) is 57.9 Å². The van der Waals surface area contributed by atoms with Crippen molar-refractivity contribution in [3.8, 4) is 0 Å². The minimum absolute atomic E-state index is 0. The highest BCUT2D eigenvalue weighted by molar-refractivity contribution is 5.93. The first-order chi connectivity index (χ1) is 16.5. The maximum atomic E-state index is 13.3. The van der Waals surface area contributed by atoms with Crippen LogP contribution in [-0.2, 0) is 14.4 Å². The molecule has 0 spiro atoms. The summed E-state index contributed by atoms with van der Waals surface area (Å²) < 4.78 is 0. The second-order valence-electron chi connectivity index (χ2n) is 10.7. The Hall–Kier alpha value is -2.68. The van der Waals surface area contributed by atoms with E-state index in [1.807, 2.05) is 63.2 Å². The van der Waals surface area contributed by atoms with E-state index in [0.29, 0.717) is 19.4 Å². The van der Waals surface area contributed by atoms with E-state index < -0.39 is 35.9 Å². The molecule has 0 bridgehead atoms. The largest absolute Gasteiger partial charge is 0.392 e. The van der Waals surface area contributed by atoms with Gasteiger partial charge in [-0.15, -0.1) is 12.4 Å². The number of hydrogen-bond acceptors (Lipinski definition) is 5. The average Bonchev–Trinajstić information content (AvgIpc) is 3.30. The summed E-state index contributed by atoms with van der Waals surface area (Å²) in [5, 5.41) is 15.2. The van der Waals surface area contributed by atoms with Crippen molar-refractivity contribution in [2.24, 2.45) is 16.9 Å². The Kier molecular flexibility index (Phi) is 10.3. The fourth-order valence-electron chi connectivity index (χ4n) is 4.80. The van der Waals surface area contributed by atoms with Crippen molar-refractivity contribution in [3.63, 3.8) is 0 Å². The van der Waals surface area contributed by atoms with Gasteiger partial charge in [-0.25, -0.2) is 0 Å². The number of carbonyl (C=O) groups is 3. The van der Waals surface area contributed by atoms with E-state index in [1.54, 1.807) is 4.90 Å². The molecule has 0 aliphatic carbocycles. The topological polar surface area (TPSA) is 139 Å². The molecular formula is C27H39ClN4O4. The van der Waals surface area contributed by atoms with Gasteiger partial charge in [-0.1, -0.05) is 63.2 Å². The number of carbonyl (C=O) groups excluding carboxylic acids is 3. The average molecular weight is 519 g/mol. The van der Waals surface area contributed by atoms with E-state index in [0.717, 1.165) is 22.8 Å². The standard InChI is InChI=1S/C27H38N4O4.ClH/c1-27(2,3)15-23(33)31-12-6-9-22(31)26(35)30-24(25(29)34)21(14-20(32)16-28)19-11-10-17-7-4-5-8-18(17)13-19;/h4-5,7-8,10-11,13,20-22,24,32H,6,9,12,14-16,28H2,1-3H3,(H2,29,34)(H,30,35);1H. The zero-order valence-corrected chi connectivity index (χ0v) is 22.1. The van der Waals surface area contributed by atoms with Crippen LogP contribution in [-0.4, -0.2) is 59.0 Å². The number of amides is 3. The van der Waals surface area contributed by atoms with Crippen molar-refractivity contribution >= 4 is 40.9 Å². The molecule has 1 fully saturated rings. The Bertz CT molecular complexity index is 1070. The lowest BCUT2D eigenvalue weighted by molar-refractivity contribution is -0.140. The molecule has 9 heteroatoms. The Morgan fingerprint density at radius 3 is 2.42 bits per heavy atom. The van der Waals surface area contributed by atoms with Crippen molar-refractivity contribution in [1.29, 1.82) is 0 Å². The van der Waals surface area contributed by atoms with E-state index in [9.17, 15) is 19.5 Å². The molecular weight excluding hydrogens is 480 g/mol. The highest BCUT2D eigenvalue weighted by Gasteiger charge is 2.38. The summed E-state index contributed by atoms with van der Waals surface area (Å²) >= 11 is 0. The molecule has 1 heterocycles. The Morgan fingerprint density at radius 2 is 1.81 bits per heavy atom. The third-order valence-corrected chi connectivity index (χ3v) is 6.56. The van der Waals surface area contributed by atoms with Gasteiger partial charge < -0.3 is 26.8 Å². The minimum Gasteiger partial charge on any atom is -0.392 e. The van der Waals surface area contributed by atoms with Gasteiger partial charge in [0.1, 0.15) is 12.1 Å². The second kappa shape index (κ2) is 12.5. The number of hydrogen-bond donors (Lipinski definition) is 4. The summed E-state index contributed by atoms with van der Waals surface area (Å²) in [6, 6.07) is 11.9. The summed E-state index contributed by atoms with van der Waals surface area (Å²) in [5.41, 5.74) is 12.0. The fraction of sp³-hybridized carbons (Fsp3) is 0.519. The van der Waals surface area contributed by atoms with Crippen LogP contribution in [0, 0.1) is 5.41 Å². The molecule has 0 radical (unpaired) electrons. The van der Waals surface area contributed by atoms with Crippen LogP contribution in [0.2, 0.25) is 0 Å². The fourth-order valence-corrected chi connectivity index (χ4v) is 4.80. The highest BCUT2D eigenvalue weighted by Crippen LogP contribution is 2.30. The van der Waals surface area contributed by atoms with Crippen LogP contribution in [0.15, 0.2) is 42.5 Å². The molecule has 4 atom stereocenters. The van der Waals surface area contributed by atoms with Gasteiger partial charge in [-0.2, -0.15) is 0 Å². The predicted molar refractivity (Wildman–Crippen MR) is 144 cm³/mol. The lowest BCUT2D eigenvalue weighted by Gasteiger charge is -2.31. The molecule has 36 heavy (non-hydrogen) atoms. The molecule has 198 valence electrons. The number of likely N-dealkylation sites (tertiary alicyclic amines) is 1. The normalized spacial score (nSPS) is 18.2. The summed E-state index contributed by atoms with van der Waals surface area (Å²) in [4.78, 5) is 40.4. The third kappa shape index (κ3) is 7.41. The summed E-state index contributed by atoms with van der Waals surface area (Å²) in [6.07, 6.45) is 0.856. The van der Waals surface area contributed by atoms with Crippen LogP contribution < -0.4 is 16.8 Å². The molecule has 0 saturated carbocycles. The molecule has 1 saturated heterocycles. The van der Waals surface area contributed by atoms with E-state index in [1.165, 1.54) is 0 Å². The number of nitrogens with two attached hydrogens (primary N) is 2. The van der Waals surface area contributed by atoms with Crippen molar-refractivity contribution in [3.05, 3.63) is 48.0 Å². The van der Waals surface area contributed by atoms with Gasteiger partial charge in [0, 0.05) is 25.4 Å². The maximum absolute atomic E-state index is 13.3. The zero-order valence-electron chi connectivity index (χ0n) is 21.3. The van der Waals surface area contributed by atoms with Gasteiger partial charge in [-0.05, 0) is 41.0 Å². The van der Waals surface area contributed by atoms with Crippen molar-refractivity contribution in [1.82, 2.24) is 10.2 Å². The molecule has 1 aliphatic rings. The molecule has 3 amide bonds. The van der Waals surface area contributed by atoms with Crippen LogP contribution >= 0.6 is 12.4 Å². The number of nitrogens with zero attached hydrogens (tertiary/aromatic N) is 1. The van der Waals surface area contributed by atoms with Crippen LogP contribution in [0.5, 0.6) is 0 Å². The van der Waals surface area contributed by atoms with Crippen molar-refractivity contribution in [2.75, 3.05) is 13.1 Å². The maximum Gasteiger partial charge on any atom is 0.243 e. The molecule has 6 N–H and O–H groups in total. The second-order valence-corrected chi connectivity index (χ2v) is 10.7. The Morgan fingerprint density at radius 1 is 1.14 bits per heavy atom. The van der Waals surface area contributed by atoms with Gasteiger partial charge in [-0.3, -0.25) is 14.4 Å². The monoisotopic (exact) mass is 518 g/mol. The van der Waals surface area contributed by atoms with Gasteiger partial charge in [0.05, 0.1) is 6.10 Å². The highest BCUT2D eigenvalue weighted by atomic mass is 35.5. The number of primary amides is 1. The quantitative estimate of drug-likeness (QED) is 0.404. The zero-order chi connectivity index (χ0) is 25.8. The number of fused-ring (bicyclic) bond motifs is 1. The number of nitrogens with one attached hydrogen (secondary N) is 1. The van der Waals surface area contributed by atoms with E-state index in [4.69, 9.17) is 11.5 Å². The minimum atomic E-state index is -1.06. The molecule has 8 nitrogen and oxygen atoms in total. The Balaban J connectivity index is 0.00000456. The van der Waals surface area contributed by atoms with Gasteiger partial charge in [0.25, 0.3) is 0 Å². The molecule has 0 aromatic heterocycles. The number of aliphatic hydroxyl groups excluding tert-OH is 1. The molecule has 1 aliphatic heterocycles. The van der Waals surface area contributed by atoms with E-state index in [-0.39, 0.29) is 36.7 Å². The van der Waals surface area contributed by atoms with Crippen molar-refractivity contribution in [2.45, 2.75) is 70.6 Å². The van der Waals surface area contributed by atoms with Crippen LogP contribution in [0.25, 0.3) is 10.8 Å². The molecule has 2 aromatic rings. The van der Waals surface area contributed by atoms with Gasteiger partial charge >= 0.3 is 0 Å². The summed E-state index contributed by atoms with van der Waals surface area (Å²) in [6.45, 7) is 6.47. The number of benzene rings is 2. The first kappa shape index (κ1) is 29.5. The number of aliphatic hydroxyl groups is 1. The third-order valence-electron chi connectivity index (χ3n) is 6.56. The first-order valence-electron chi connectivity index (χ1n) is 12.3. The number of rotatable bonds is 9. The smallest absolute Gasteiger partial charge is 0.243 e. The van der Waals surface area contributed by atoms with Crippen molar-refractivity contribution < 1.29 is 19.5 Å². The molecule has 2 aromatic carbocycles. The lowest BCUT2D eigenvalue weighted by Crippen LogP contribution is -2.54. The van der Waals surface area contributed by atoms with Crippen LogP contribution in [0.4, 0.5) is 0 Å². The lowest BCUT2D eigenvalue weighted by atomic mass is 9.84. The van der Waals surface area contributed by atoms with Gasteiger partial charge in [0.15, 0.2) is 0 Å². The van der Waals surface area contributed by atoms with Crippen LogP contribution in [0.3, 0.4) is 0 Å². The van der Waals surface area contributed by atoms with Gasteiger partial charge in [0.2, 0.25) is 17.7 Å². The van der Waals surface area contributed by atoms with E-state index in [2.05, 4.69) is 5.32 Å². The summed E-state index contributed by atoms with van der Waals surface area (Å²) in [7, 11) is 0. The number of halogens is 1. The predicted octanol–water partition coefficient (Wildman–Crippen LogP) is 2.45. The summed E-state index contributed by atoms with van der Waals surface area (Å²) in [5.74, 6) is -1.76.